The van der Waals surface area contributed by atoms with Gasteiger partial charge in [0.2, 0.25) is 0 Å². The lowest BCUT2D eigenvalue weighted by atomic mass is 9.98. The standard InChI is InChI=1S/C12H20O9/c1-6(2)11(17)19-3-4-20-12(18)10(16)9(15)8(14)7(5-13)21-12/h7-10,13-16,18H,1,3-5H2,2H3/t7-,8+,9+,10-,12?/m1/s1. The lowest BCUT2D eigenvalue weighted by Gasteiger charge is -2.44. The molecule has 0 bridgehead atoms. The summed E-state index contributed by atoms with van der Waals surface area (Å²) >= 11 is 0. The molecule has 1 saturated heterocycles. The molecule has 1 heterocycles. The zero-order chi connectivity index (χ0) is 16.2. The second kappa shape index (κ2) is 7.27. The van der Waals surface area contributed by atoms with E-state index in [2.05, 4.69) is 6.58 Å². The Morgan fingerprint density at radius 2 is 1.90 bits per heavy atom. The number of esters is 1. The number of ether oxygens (including phenoxy) is 3. The van der Waals surface area contributed by atoms with Crippen molar-refractivity contribution in [1.82, 2.24) is 0 Å². The van der Waals surface area contributed by atoms with Crippen LogP contribution >= 0.6 is 0 Å². The summed E-state index contributed by atoms with van der Waals surface area (Å²) in [5.41, 5.74) is 0.182. The number of rotatable bonds is 6. The molecule has 0 aromatic rings. The van der Waals surface area contributed by atoms with Gasteiger partial charge in [-0.15, -0.1) is 0 Å². The predicted octanol–water partition coefficient (Wildman–Crippen LogP) is -2.76. The molecule has 0 aliphatic carbocycles. The number of aliphatic hydroxyl groups excluding tert-OH is 4. The molecule has 1 fully saturated rings. The monoisotopic (exact) mass is 308 g/mol. The number of aliphatic hydroxyl groups is 5. The SMILES string of the molecule is C=C(C)C(=O)OCCOC1(O)O[C@H](CO)[C@H](O)[C@H](O)[C@H]1O. The van der Waals surface area contributed by atoms with Gasteiger partial charge in [0.05, 0.1) is 13.2 Å². The molecule has 1 aliphatic rings. The first-order valence-corrected chi connectivity index (χ1v) is 6.24. The minimum absolute atomic E-state index is 0.182. The molecule has 0 radical (unpaired) electrons. The molecule has 21 heavy (non-hydrogen) atoms. The van der Waals surface area contributed by atoms with Gasteiger partial charge in [-0.1, -0.05) is 6.58 Å². The molecule has 0 spiro atoms. The van der Waals surface area contributed by atoms with E-state index in [1.165, 1.54) is 6.92 Å². The normalized spacial score (nSPS) is 36.3. The molecule has 0 aromatic heterocycles. The van der Waals surface area contributed by atoms with Gasteiger partial charge >= 0.3 is 11.9 Å². The minimum atomic E-state index is -2.64. The Kier molecular flexibility index (Phi) is 6.23. The van der Waals surface area contributed by atoms with E-state index in [-0.39, 0.29) is 18.8 Å². The van der Waals surface area contributed by atoms with Crippen LogP contribution in [-0.2, 0) is 19.0 Å². The fraction of sp³-hybridized carbons (Fsp3) is 0.750. The third-order valence-corrected chi connectivity index (χ3v) is 2.90. The van der Waals surface area contributed by atoms with E-state index in [0.717, 1.165) is 0 Å². The van der Waals surface area contributed by atoms with E-state index in [4.69, 9.17) is 19.3 Å². The second-order valence-corrected chi connectivity index (χ2v) is 4.66. The molecule has 122 valence electrons. The van der Waals surface area contributed by atoms with Gasteiger partial charge in [-0.25, -0.2) is 4.79 Å². The molecule has 1 rings (SSSR count). The fourth-order valence-electron chi connectivity index (χ4n) is 1.69. The van der Waals surface area contributed by atoms with Crippen LogP contribution < -0.4 is 0 Å². The van der Waals surface area contributed by atoms with E-state index in [9.17, 15) is 25.2 Å². The molecule has 1 unspecified atom stereocenters. The third kappa shape index (κ3) is 4.20. The maximum atomic E-state index is 11.1. The van der Waals surface area contributed by atoms with Crippen LogP contribution in [0.2, 0.25) is 0 Å². The highest BCUT2D eigenvalue weighted by Crippen LogP contribution is 2.29. The highest BCUT2D eigenvalue weighted by atomic mass is 16.8. The van der Waals surface area contributed by atoms with Crippen LogP contribution in [0.1, 0.15) is 6.92 Å². The molecule has 5 N–H and O–H groups in total. The largest absolute Gasteiger partial charge is 0.460 e. The minimum Gasteiger partial charge on any atom is -0.460 e. The van der Waals surface area contributed by atoms with Gasteiger partial charge in [0.15, 0.2) is 6.10 Å². The Morgan fingerprint density at radius 1 is 1.29 bits per heavy atom. The first-order chi connectivity index (χ1) is 9.73. The number of hydrogen-bond acceptors (Lipinski definition) is 9. The molecule has 5 atom stereocenters. The van der Waals surface area contributed by atoms with Gasteiger partial charge < -0.3 is 39.7 Å². The average molecular weight is 308 g/mol. The van der Waals surface area contributed by atoms with Gasteiger partial charge in [-0.05, 0) is 6.92 Å². The van der Waals surface area contributed by atoms with Crippen LogP contribution in [0, 0.1) is 0 Å². The van der Waals surface area contributed by atoms with Crippen molar-refractivity contribution in [2.45, 2.75) is 37.3 Å². The van der Waals surface area contributed by atoms with Gasteiger partial charge in [0.1, 0.15) is 24.9 Å². The first kappa shape index (κ1) is 18.0. The van der Waals surface area contributed by atoms with Crippen LogP contribution in [-0.4, -0.2) is 81.7 Å². The highest BCUT2D eigenvalue weighted by molar-refractivity contribution is 5.86. The summed E-state index contributed by atoms with van der Waals surface area (Å²) in [5.74, 6) is -3.29. The maximum absolute atomic E-state index is 11.1. The van der Waals surface area contributed by atoms with Gasteiger partial charge in [0, 0.05) is 5.57 Å². The van der Waals surface area contributed by atoms with Crippen molar-refractivity contribution < 1.29 is 44.5 Å². The summed E-state index contributed by atoms with van der Waals surface area (Å²) < 4.78 is 14.4. The van der Waals surface area contributed by atoms with Crippen LogP contribution in [0.4, 0.5) is 0 Å². The van der Waals surface area contributed by atoms with Crippen LogP contribution in [0.15, 0.2) is 12.2 Å². The van der Waals surface area contributed by atoms with Crippen molar-refractivity contribution in [3.05, 3.63) is 12.2 Å². The van der Waals surface area contributed by atoms with Crippen LogP contribution in [0.5, 0.6) is 0 Å². The number of carbonyl (C=O) groups is 1. The van der Waals surface area contributed by atoms with E-state index in [0.29, 0.717) is 0 Å². The zero-order valence-corrected chi connectivity index (χ0v) is 11.5. The van der Waals surface area contributed by atoms with Crippen molar-refractivity contribution >= 4 is 5.97 Å². The molecule has 1 aliphatic heterocycles. The van der Waals surface area contributed by atoms with Crippen molar-refractivity contribution in [3.8, 4) is 0 Å². The zero-order valence-electron chi connectivity index (χ0n) is 11.5. The Bertz CT molecular complexity index is 383. The smallest absolute Gasteiger partial charge is 0.333 e. The highest BCUT2D eigenvalue weighted by Gasteiger charge is 2.53. The molecule has 0 saturated carbocycles. The van der Waals surface area contributed by atoms with Gasteiger partial charge in [0.25, 0.3) is 0 Å². The third-order valence-electron chi connectivity index (χ3n) is 2.90. The maximum Gasteiger partial charge on any atom is 0.333 e. The van der Waals surface area contributed by atoms with Crippen LogP contribution in [0.25, 0.3) is 0 Å². The summed E-state index contributed by atoms with van der Waals surface area (Å²) in [6.45, 7) is 3.51. The average Bonchev–Trinajstić information content (AvgIpc) is 2.45. The Balaban J connectivity index is 2.55. The van der Waals surface area contributed by atoms with Crippen molar-refractivity contribution in [2.75, 3.05) is 19.8 Å². The topological polar surface area (TPSA) is 146 Å². The molecule has 9 nitrogen and oxygen atoms in total. The molecular formula is C12H20O9. The summed E-state index contributed by atoms with van der Waals surface area (Å²) in [6, 6.07) is 0. The Labute approximate surface area is 121 Å². The summed E-state index contributed by atoms with van der Waals surface area (Å²) in [4.78, 5) is 11.1. The summed E-state index contributed by atoms with van der Waals surface area (Å²) in [7, 11) is 0. The number of hydrogen-bond donors (Lipinski definition) is 5. The first-order valence-electron chi connectivity index (χ1n) is 6.24. The van der Waals surface area contributed by atoms with E-state index < -0.39 is 43.0 Å². The summed E-state index contributed by atoms with van der Waals surface area (Å²) in [5, 5.41) is 47.7. The Hall–Kier alpha value is -1.07. The quantitative estimate of drug-likeness (QED) is 0.152. The predicted molar refractivity (Wildman–Crippen MR) is 66.7 cm³/mol. The van der Waals surface area contributed by atoms with Crippen molar-refractivity contribution in [3.63, 3.8) is 0 Å². The van der Waals surface area contributed by atoms with Gasteiger partial charge in [-0.3, -0.25) is 0 Å². The van der Waals surface area contributed by atoms with Crippen LogP contribution in [0.3, 0.4) is 0 Å². The molecule has 0 amide bonds. The van der Waals surface area contributed by atoms with Gasteiger partial charge in [-0.2, -0.15) is 0 Å². The number of carbonyl (C=O) groups excluding carboxylic acids is 1. The van der Waals surface area contributed by atoms with Crippen molar-refractivity contribution in [1.29, 1.82) is 0 Å². The van der Waals surface area contributed by atoms with E-state index in [1.54, 1.807) is 0 Å². The lowest BCUT2D eigenvalue weighted by molar-refractivity contribution is -0.449. The molecule has 9 heteroatoms. The Morgan fingerprint density at radius 3 is 2.43 bits per heavy atom. The lowest BCUT2D eigenvalue weighted by Crippen LogP contribution is -2.66. The van der Waals surface area contributed by atoms with Crippen molar-refractivity contribution in [2.24, 2.45) is 0 Å². The summed E-state index contributed by atoms with van der Waals surface area (Å²) in [6.07, 6.45) is -6.67. The van der Waals surface area contributed by atoms with E-state index >= 15 is 0 Å². The second-order valence-electron chi connectivity index (χ2n) is 4.66. The fourth-order valence-corrected chi connectivity index (χ4v) is 1.69. The molecular weight excluding hydrogens is 288 g/mol. The molecule has 0 aromatic carbocycles. The van der Waals surface area contributed by atoms with E-state index in [1.807, 2.05) is 0 Å².